The van der Waals surface area contributed by atoms with Crippen molar-refractivity contribution in [1.82, 2.24) is 4.90 Å². The maximum Gasteiger partial charge on any atom is 0.326 e. The van der Waals surface area contributed by atoms with Gasteiger partial charge in [0.2, 0.25) is 5.91 Å². The second-order valence-corrected chi connectivity index (χ2v) is 10.7. The average molecular weight is 492 g/mol. The van der Waals surface area contributed by atoms with Crippen LogP contribution in [0.4, 0.5) is 0 Å². The second kappa shape index (κ2) is 9.66. The first-order chi connectivity index (χ1) is 15.3. The van der Waals surface area contributed by atoms with Crippen molar-refractivity contribution in [2.24, 2.45) is 5.92 Å². The van der Waals surface area contributed by atoms with E-state index in [0.29, 0.717) is 35.3 Å². The Bertz CT molecular complexity index is 1040. The maximum absolute atomic E-state index is 13.0. The van der Waals surface area contributed by atoms with E-state index in [2.05, 4.69) is 26.0 Å². The monoisotopic (exact) mass is 491 g/mol. The predicted octanol–water partition coefficient (Wildman–Crippen LogP) is 6.84. The molecule has 2 aromatic rings. The molecule has 2 aliphatic rings. The van der Waals surface area contributed by atoms with Crippen molar-refractivity contribution >= 4 is 46.8 Å². The van der Waals surface area contributed by atoms with Crippen LogP contribution in [0, 0.1) is 5.92 Å². The van der Waals surface area contributed by atoms with Gasteiger partial charge in [0.15, 0.2) is 0 Å². The molecule has 1 heterocycles. The Balaban J connectivity index is 1.51. The highest BCUT2D eigenvalue weighted by Crippen LogP contribution is 2.53. The first-order valence-corrected chi connectivity index (χ1v) is 12.6. The molecule has 0 bridgehead atoms. The molecule has 1 unspecified atom stereocenters. The fourth-order valence-electron chi connectivity index (χ4n) is 4.56. The molecule has 1 saturated heterocycles. The van der Waals surface area contributed by atoms with Crippen molar-refractivity contribution in [2.45, 2.75) is 67.2 Å². The van der Waals surface area contributed by atoms with Crippen LogP contribution in [0.1, 0.15) is 62.5 Å². The maximum atomic E-state index is 13.0. The van der Waals surface area contributed by atoms with E-state index >= 15 is 0 Å². The van der Waals surface area contributed by atoms with Crippen molar-refractivity contribution < 1.29 is 14.7 Å². The van der Waals surface area contributed by atoms with E-state index in [1.165, 1.54) is 5.56 Å². The smallest absolute Gasteiger partial charge is 0.326 e. The largest absolute Gasteiger partial charge is 0.480 e. The molecular weight excluding hydrogens is 465 g/mol. The molecule has 170 valence electrons. The van der Waals surface area contributed by atoms with E-state index in [1.807, 2.05) is 24.3 Å². The van der Waals surface area contributed by atoms with Gasteiger partial charge in [-0.2, -0.15) is 0 Å². The van der Waals surface area contributed by atoms with E-state index in [9.17, 15) is 14.7 Å². The number of carboxylic acid groups (broad SMARTS) is 1. The number of nitrogens with zero attached hydrogens (tertiary/aromatic N) is 1. The number of carbonyl (C=O) groups excluding carboxylic acids is 1. The highest BCUT2D eigenvalue weighted by atomic mass is 35.5. The van der Waals surface area contributed by atoms with Crippen molar-refractivity contribution in [2.75, 3.05) is 6.54 Å². The summed E-state index contributed by atoms with van der Waals surface area (Å²) in [5.41, 5.74) is 2.14. The third kappa shape index (κ3) is 4.66. The molecule has 1 aliphatic heterocycles. The van der Waals surface area contributed by atoms with Gasteiger partial charge in [0, 0.05) is 22.3 Å². The lowest BCUT2D eigenvalue weighted by atomic mass is 10.0. The lowest BCUT2D eigenvalue weighted by Crippen LogP contribution is -2.48. The van der Waals surface area contributed by atoms with Crippen LogP contribution in [0.25, 0.3) is 0 Å². The van der Waals surface area contributed by atoms with Crippen LogP contribution in [0.5, 0.6) is 0 Å². The summed E-state index contributed by atoms with van der Waals surface area (Å²) in [6.07, 6.45) is 2.90. The molecule has 7 heteroatoms. The van der Waals surface area contributed by atoms with E-state index in [0.717, 1.165) is 28.2 Å². The Morgan fingerprint density at radius 2 is 1.81 bits per heavy atom. The molecule has 1 saturated carbocycles. The van der Waals surface area contributed by atoms with E-state index < -0.39 is 12.0 Å². The zero-order valence-corrected chi connectivity index (χ0v) is 20.5. The molecular formula is C25H27Cl2NO3S. The molecule has 1 N–H and O–H groups in total. The summed E-state index contributed by atoms with van der Waals surface area (Å²) in [6, 6.07) is 11.5. The number of carboxylic acids is 1. The molecule has 1 amide bonds. The molecule has 32 heavy (non-hydrogen) atoms. The van der Waals surface area contributed by atoms with Crippen LogP contribution < -0.4 is 0 Å². The van der Waals surface area contributed by atoms with Crippen LogP contribution in [-0.2, 0) is 9.59 Å². The minimum absolute atomic E-state index is 0.00845. The third-order valence-electron chi connectivity index (χ3n) is 6.42. The zero-order valence-electron chi connectivity index (χ0n) is 18.2. The average Bonchev–Trinajstić information content (AvgIpc) is 3.57. The zero-order chi connectivity index (χ0) is 23.0. The Hall–Kier alpha value is -1.69. The number of benzene rings is 2. The number of carbonyl (C=O) groups is 2. The topological polar surface area (TPSA) is 57.6 Å². The quantitative estimate of drug-likeness (QED) is 0.480. The van der Waals surface area contributed by atoms with Crippen LogP contribution >= 0.6 is 35.0 Å². The number of rotatable bonds is 6. The molecule has 0 radical (unpaired) electrons. The number of piperidine rings is 1. The van der Waals surface area contributed by atoms with Gasteiger partial charge in [0.05, 0.1) is 10.0 Å². The summed E-state index contributed by atoms with van der Waals surface area (Å²) in [4.78, 5) is 28.2. The number of hydrogen-bond acceptors (Lipinski definition) is 3. The van der Waals surface area contributed by atoms with E-state index in [4.69, 9.17) is 23.2 Å². The van der Waals surface area contributed by atoms with E-state index in [1.54, 1.807) is 16.7 Å². The minimum atomic E-state index is -0.917. The van der Waals surface area contributed by atoms with Gasteiger partial charge in [-0.05, 0) is 60.8 Å². The van der Waals surface area contributed by atoms with Crippen molar-refractivity contribution in [1.29, 1.82) is 0 Å². The van der Waals surface area contributed by atoms with Crippen LogP contribution in [0.3, 0.4) is 0 Å². The van der Waals surface area contributed by atoms with Gasteiger partial charge in [0.25, 0.3) is 0 Å². The normalized spacial score (nSPS) is 22.8. The van der Waals surface area contributed by atoms with Gasteiger partial charge < -0.3 is 10.0 Å². The van der Waals surface area contributed by atoms with Crippen molar-refractivity contribution in [3.8, 4) is 0 Å². The van der Waals surface area contributed by atoms with Crippen LogP contribution in [0.15, 0.2) is 46.2 Å². The molecule has 4 rings (SSSR count). The van der Waals surface area contributed by atoms with Gasteiger partial charge in [-0.25, -0.2) is 4.79 Å². The highest BCUT2D eigenvalue weighted by Gasteiger charge is 2.49. The SMILES string of the molecule is CC(C)c1ccccc1Sc1ccc([C@@H]2C[C@H]2C(=O)N2CCCCC2C(=O)O)c(Cl)c1Cl. The highest BCUT2D eigenvalue weighted by molar-refractivity contribution is 7.99. The summed E-state index contributed by atoms with van der Waals surface area (Å²) in [7, 11) is 0. The standard InChI is InChI=1S/C25H27Cl2NO3S/c1-14(2)15-7-3-4-9-20(15)32-21-11-10-16(22(26)23(21)27)17-13-18(17)24(29)28-12-6-5-8-19(28)25(30)31/h3-4,7,9-11,14,17-19H,5-6,8,12-13H2,1-2H3,(H,30,31)/t17-,18+,19?/m0/s1. The molecule has 3 atom stereocenters. The van der Waals surface area contributed by atoms with Gasteiger partial charge in [-0.1, -0.05) is 73.1 Å². The Kier molecular flexibility index (Phi) is 7.09. The third-order valence-corrected chi connectivity index (χ3v) is 8.58. The fourth-order valence-corrected chi connectivity index (χ4v) is 6.34. The number of amides is 1. The Labute approximate surface area is 203 Å². The first kappa shape index (κ1) is 23.5. The van der Waals surface area contributed by atoms with Gasteiger partial charge >= 0.3 is 5.97 Å². The number of hydrogen-bond donors (Lipinski definition) is 1. The van der Waals surface area contributed by atoms with Crippen molar-refractivity contribution in [3.05, 3.63) is 57.6 Å². The van der Waals surface area contributed by atoms with Gasteiger partial charge in [-0.3, -0.25) is 4.79 Å². The molecule has 0 aromatic heterocycles. The lowest BCUT2D eigenvalue weighted by Gasteiger charge is -2.33. The summed E-state index contributed by atoms with van der Waals surface area (Å²) >= 11 is 14.9. The van der Waals surface area contributed by atoms with Crippen LogP contribution in [0.2, 0.25) is 10.0 Å². The molecule has 4 nitrogen and oxygen atoms in total. The van der Waals surface area contributed by atoms with Crippen LogP contribution in [-0.4, -0.2) is 34.5 Å². The summed E-state index contributed by atoms with van der Waals surface area (Å²) in [5.74, 6) is -0.817. The lowest BCUT2D eigenvalue weighted by molar-refractivity contribution is -0.152. The van der Waals surface area contributed by atoms with Gasteiger partial charge in [-0.15, -0.1) is 0 Å². The van der Waals surface area contributed by atoms with Crippen molar-refractivity contribution in [3.63, 3.8) is 0 Å². The molecule has 2 fully saturated rings. The summed E-state index contributed by atoms with van der Waals surface area (Å²) in [5, 5.41) is 10.5. The fraction of sp³-hybridized carbons (Fsp3) is 0.440. The molecule has 2 aromatic carbocycles. The number of aliphatic carboxylic acids is 1. The number of likely N-dealkylation sites (tertiary alicyclic amines) is 1. The van der Waals surface area contributed by atoms with Gasteiger partial charge in [0.1, 0.15) is 6.04 Å². The molecule has 1 aliphatic carbocycles. The van der Waals surface area contributed by atoms with E-state index in [-0.39, 0.29) is 17.7 Å². The first-order valence-electron chi connectivity index (χ1n) is 11.1. The summed E-state index contributed by atoms with van der Waals surface area (Å²) < 4.78 is 0. The second-order valence-electron chi connectivity index (χ2n) is 8.91. The summed E-state index contributed by atoms with van der Waals surface area (Å²) in [6.45, 7) is 4.84. The Morgan fingerprint density at radius 1 is 1.06 bits per heavy atom. The number of halogens is 2. The minimum Gasteiger partial charge on any atom is -0.480 e. The predicted molar refractivity (Wildman–Crippen MR) is 129 cm³/mol. The Morgan fingerprint density at radius 3 is 2.53 bits per heavy atom. The molecule has 0 spiro atoms.